The monoisotopic (exact) mass is 366 g/mol. The summed E-state index contributed by atoms with van der Waals surface area (Å²) in [6.07, 6.45) is 1.83. The van der Waals surface area contributed by atoms with Crippen molar-refractivity contribution in [1.29, 1.82) is 0 Å². The van der Waals surface area contributed by atoms with Gasteiger partial charge in [-0.15, -0.1) is 0 Å². The summed E-state index contributed by atoms with van der Waals surface area (Å²) in [5.41, 5.74) is 4.43. The third-order valence-corrected chi connectivity index (χ3v) is 5.46. The Morgan fingerprint density at radius 1 is 1.19 bits per heavy atom. The molecule has 0 saturated carbocycles. The Morgan fingerprint density at radius 2 is 1.92 bits per heavy atom. The fourth-order valence-corrected chi connectivity index (χ4v) is 4.14. The molecule has 1 unspecified atom stereocenters. The lowest BCUT2D eigenvalue weighted by atomic mass is 9.91. The van der Waals surface area contributed by atoms with Crippen molar-refractivity contribution in [2.24, 2.45) is 5.92 Å². The molecule has 0 saturated heterocycles. The summed E-state index contributed by atoms with van der Waals surface area (Å²) < 4.78 is 0. The molecule has 1 N–H and O–H groups in total. The van der Waals surface area contributed by atoms with E-state index in [1.54, 1.807) is 12.1 Å². The first-order valence-electron chi connectivity index (χ1n) is 9.20. The summed E-state index contributed by atoms with van der Waals surface area (Å²) in [5, 5.41) is 1.94. The van der Waals surface area contributed by atoms with Crippen LogP contribution in [0.3, 0.4) is 0 Å². The van der Waals surface area contributed by atoms with Crippen LogP contribution in [0.1, 0.15) is 47.9 Å². The molecule has 2 heterocycles. The highest BCUT2D eigenvalue weighted by Gasteiger charge is 2.34. The Balaban J connectivity index is 1.75. The number of fused-ring (bicyclic) bond motifs is 3. The second-order valence-corrected chi connectivity index (χ2v) is 7.90. The van der Waals surface area contributed by atoms with Crippen molar-refractivity contribution >= 4 is 28.4 Å². The maximum absolute atomic E-state index is 13.2. The minimum atomic E-state index is 0.0781. The number of para-hydroxylation sites is 1. The average Bonchev–Trinajstić information content (AvgIpc) is 3.01. The van der Waals surface area contributed by atoms with Crippen LogP contribution in [0.25, 0.3) is 10.9 Å². The molecule has 1 atom stereocenters. The van der Waals surface area contributed by atoms with E-state index in [9.17, 15) is 4.79 Å². The molecule has 134 valence electrons. The lowest BCUT2D eigenvalue weighted by molar-refractivity contribution is 0.0632. The van der Waals surface area contributed by atoms with Crippen LogP contribution in [0.15, 0.2) is 48.5 Å². The number of amides is 1. The minimum absolute atomic E-state index is 0.0781. The summed E-state index contributed by atoms with van der Waals surface area (Å²) in [5.74, 6) is 0.578. The van der Waals surface area contributed by atoms with Gasteiger partial charge in [-0.1, -0.05) is 43.6 Å². The van der Waals surface area contributed by atoms with E-state index in [0.717, 1.165) is 24.9 Å². The summed E-state index contributed by atoms with van der Waals surface area (Å²) in [7, 11) is 0. The molecule has 1 aliphatic heterocycles. The van der Waals surface area contributed by atoms with Crippen LogP contribution < -0.4 is 0 Å². The molecule has 3 nitrogen and oxygen atoms in total. The number of aromatic nitrogens is 1. The number of hydrogen-bond acceptors (Lipinski definition) is 1. The number of carbonyl (C=O) groups excluding carboxylic acids is 1. The molecule has 4 heteroatoms. The second-order valence-electron chi connectivity index (χ2n) is 7.46. The summed E-state index contributed by atoms with van der Waals surface area (Å²) in [6, 6.07) is 15.7. The predicted molar refractivity (Wildman–Crippen MR) is 107 cm³/mol. The Kier molecular flexibility index (Phi) is 4.49. The highest BCUT2D eigenvalue weighted by atomic mass is 35.5. The first-order chi connectivity index (χ1) is 12.5. The molecule has 0 spiro atoms. The summed E-state index contributed by atoms with van der Waals surface area (Å²) in [6.45, 7) is 5.16. The van der Waals surface area contributed by atoms with E-state index in [-0.39, 0.29) is 11.9 Å². The number of nitrogens with zero attached hydrogens (tertiary/aromatic N) is 1. The Hall–Kier alpha value is -2.26. The first-order valence-corrected chi connectivity index (χ1v) is 9.58. The zero-order chi connectivity index (χ0) is 18.3. The van der Waals surface area contributed by atoms with E-state index in [1.165, 1.54) is 16.6 Å². The minimum Gasteiger partial charge on any atom is -0.356 e. The molecule has 0 fully saturated rings. The lowest BCUT2D eigenvalue weighted by Crippen LogP contribution is -2.40. The molecule has 1 amide bonds. The van der Waals surface area contributed by atoms with Gasteiger partial charge < -0.3 is 9.88 Å². The predicted octanol–water partition coefficient (Wildman–Crippen LogP) is 5.61. The average molecular weight is 367 g/mol. The second kappa shape index (κ2) is 6.81. The van der Waals surface area contributed by atoms with Crippen LogP contribution in [0.5, 0.6) is 0 Å². The third kappa shape index (κ3) is 3.01. The standard InChI is InChI=1S/C22H23ClN2O/c1-14(2)13-20-21-18(17-5-3-4-6-19(17)24-21)11-12-25(20)22(26)15-7-9-16(23)10-8-15/h3-10,14,20,24H,11-13H2,1-2H3. The van der Waals surface area contributed by atoms with Gasteiger partial charge in [-0.3, -0.25) is 4.79 Å². The quantitative estimate of drug-likeness (QED) is 0.642. The van der Waals surface area contributed by atoms with E-state index >= 15 is 0 Å². The molecule has 1 aromatic heterocycles. The van der Waals surface area contributed by atoms with Crippen LogP contribution in [-0.2, 0) is 6.42 Å². The molecular weight excluding hydrogens is 344 g/mol. The van der Waals surface area contributed by atoms with E-state index in [2.05, 4.69) is 43.1 Å². The van der Waals surface area contributed by atoms with Gasteiger partial charge in [-0.05, 0) is 54.7 Å². The zero-order valence-electron chi connectivity index (χ0n) is 15.1. The molecule has 0 aliphatic carbocycles. The smallest absolute Gasteiger partial charge is 0.254 e. The maximum atomic E-state index is 13.2. The number of hydrogen-bond donors (Lipinski definition) is 1. The van der Waals surface area contributed by atoms with Gasteiger partial charge in [-0.2, -0.15) is 0 Å². The number of benzene rings is 2. The van der Waals surface area contributed by atoms with Crippen molar-refractivity contribution in [2.45, 2.75) is 32.7 Å². The summed E-state index contributed by atoms with van der Waals surface area (Å²) >= 11 is 5.98. The Bertz CT molecular complexity index is 942. The highest BCUT2D eigenvalue weighted by molar-refractivity contribution is 6.30. The van der Waals surface area contributed by atoms with Gasteiger partial charge in [0.05, 0.1) is 6.04 Å². The van der Waals surface area contributed by atoms with Gasteiger partial charge in [-0.25, -0.2) is 0 Å². The molecule has 0 radical (unpaired) electrons. The SMILES string of the molecule is CC(C)CC1c2[nH]c3ccccc3c2CCN1C(=O)c1ccc(Cl)cc1. The topological polar surface area (TPSA) is 36.1 Å². The van der Waals surface area contributed by atoms with Crippen molar-refractivity contribution in [1.82, 2.24) is 9.88 Å². The van der Waals surface area contributed by atoms with Crippen LogP contribution in [-0.4, -0.2) is 22.3 Å². The van der Waals surface area contributed by atoms with Crippen molar-refractivity contribution in [2.75, 3.05) is 6.54 Å². The first kappa shape index (κ1) is 17.2. The Labute approximate surface area is 159 Å². The van der Waals surface area contributed by atoms with Gasteiger partial charge in [0.1, 0.15) is 0 Å². The van der Waals surface area contributed by atoms with Gasteiger partial charge in [0.15, 0.2) is 0 Å². The number of carbonyl (C=O) groups is 1. The number of H-pyrrole nitrogens is 1. The van der Waals surface area contributed by atoms with E-state index in [4.69, 9.17) is 11.6 Å². The summed E-state index contributed by atoms with van der Waals surface area (Å²) in [4.78, 5) is 18.8. The molecule has 2 aromatic carbocycles. The van der Waals surface area contributed by atoms with Crippen molar-refractivity contribution in [3.63, 3.8) is 0 Å². The van der Waals surface area contributed by atoms with Crippen molar-refractivity contribution < 1.29 is 4.79 Å². The number of rotatable bonds is 3. The van der Waals surface area contributed by atoms with Crippen LogP contribution in [0.4, 0.5) is 0 Å². The fraction of sp³-hybridized carbons (Fsp3) is 0.318. The molecule has 4 rings (SSSR count). The van der Waals surface area contributed by atoms with Crippen LogP contribution in [0, 0.1) is 5.92 Å². The van der Waals surface area contributed by atoms with Gasteiger partial charge in [0, 0.05) is 33.7 Å². The number of aromatic amines is 1. The lowest BCUT2D eigenvalue weighted by Gasteiger charge is -2.37. The zero-order valence-corrected chi connectivity index (χ0v) is 15.9. The normalized spacial score (nSPS) is 16.9. The molecule has 3 aromatic rings. The van der Waals surface area contributed by atoms with Gasteiger partial charge in [0.2, 0.25) is 0 Å². The largest absolute Gasteiger partial charge is 0.356 e. The van der Waals surface area contributed by atoms with Gasteiger partial charge >= 0.3 is 0 Å². The number of halogens is 1. The molecular formula is C22H23ClN2O. The third-order valence-electron chi connectivity index (χ3n) is 5.21. The van der Waals surface area contributed by atoms with Gasteiger partial charge in [0.25, 0.3) is 5.91 Å². The number of nitrogens with one attached hydrogen (secondary N) is 1. The van der Waals surface area contributed by atoms with E-state index in [1.807, 2.05) is 17.0 Å². The van der Waals surface area contributed by atoms with Crippen molar-refractivity contribution in [3.8, 4) is 0 Å². The highest BCUT2D eigenvalue weighted by Crippen LogP contribution is 2.38. The fourth-order valence-electron chi connectivity index (χ4n) is 4.01. The molecule has 0 bridgehead atoms. The molecule has 26 heavy (non-hydrogen) atoms. The van der Waals surface area contributed by atoms with E-state index in [0.29, 0.717) is 16.5 Å². The van der Waals surface area contributed by atoms with Crippen LogP contribution in [0.2, 0.25) is 5.02 Å². The van der Waals surface area contributed by atoms with Crippen LogP contribution >= 0.6 is 11.6 Å². The Morgan fingerprint density at radius 3 is 2.65 bits per heavy atom. The van der Waals surface area contributed by atoms with Crippen molar-refractivity contribution in [3.05, 3.63) is 70.4 Å². The van der Waals surface area contributed by atoms with E-state index < -0.39 is 0 Å². The maximum Gasteiger partial charge on any atom is 0.254 e. The molecule has 1 aliphatic rings.